The minimum Gasteiger partial charge on any atom is -0.493 e. The van der Waals surface area contributed by atoms with Gasteiger partial charge in [-0.3, -0.25) is 0 Å². The summed E-state index contributed by atoms with van der Waals surface area (Å²) in [6.07, 6.45) is 3.09. The van der Waals surface area contributed by atoms with Gasteiger partial charge in [-0.2, -0.15) is 0 Å². The Morgan fingerprint density at radius 1 is 0.794 bits per heavy atom. The van der Waals surface area contributed by atoms with Crippen LogP contribution < -0.4 is 14.2 Å². The Hall–Kier alpha value is -4.31. The van der Waals surface area contributed by atoms with E-state index in [1.54, 1.807) is 25.3 Å². The molecule has 0 saturated carbocycles. The summed E-state index contributed by atoms with van der Waals surface area (Å²) in [5, 5.41) is 0. The van der Waals surface area contributed by atoms with Crippen LogP contribution in [0.5, 0.6) is 17.2 Å². The van der Waals surface area contributed by atoms with Crippen molar-refractivity contribution < 1.29 is 19.0 Å². The predicted octanol–water partition coefficient (Wildman–Crippen LogP) is 6.87. The van der Waals surface area contributed by atoms with Gasteiger partial charge in [-0.25, -0.2) is 4.79 Å². The molecule has 170 valence electrons. The van der Waals surface area contributed by atoms with E-state index in [2.05, 4.69) is 13.0 Å². The number of ether oxygens (including phenoxy) is 3. The Labute approximate surface area is 200 Å². The van der Waals surface area contributed by atoms with Gasteiger partial charge in [0.05, 0.1) is 7.11 Å². The van der Waals surface area contributed by atoms with Crippen LogP contribution in [0.4, 0.5) is 0 Å². The predicted molar refractivity (Wildman–Crippen MR) is 135 cm³/mol. The summed E-state index contributed by atoms with van der Waals surface area (Å²) in [7, 11) is 1.59. The molecule has 0 spiro atoms. The Kier molecular flexibility index (Phi) is 7.41. The van der Waals surface area contributed by atoms with Crippen molar-refractivity contribution in [3.8, 4) is 28.4 Å². The van der Waals surface area contributed by atoms with Crippen LogP contribution in [0.2, 0.25) is 0 Å². The van der Waals surface area contributed by atoms with Crippen molar-refractivity contribution in [3.05, 3.63) is 120 Å². The first-order valence-corrected chi connectivity index (χ1v) is 11.0. The number of aryl methyl sites for hydroxylation is 1. The first kappa shape index (κ1) is 22.9. The first-order valence-electron chi connectivity index (χ1n) is 11.0. The van der Waals surface area contributed by atoms with Crippen LogP contribution in [-0.4, -0.2) is 13.1 Å². The van der Waals surface area contributed by atoms with Gasteiger partial charge in [-0.15, -0.1) is 0 Å². The molecule has 0 bridgehead atoms. The van der Waals surface area contributed by atoms with E-state index in [-0.39, 0.29) is 0 Å². The lowest BCUT2D eigenvalue weighted by Gasteiger charge is -2.12. The van der Waals surface area contributed by atoms with Gasteiger partial charge in [0.25, 0.3) is 0 Å². The molecular weight excluding hydrogens is 424 g/mol. The highest BCUT2D eigenvalue weighted by atomic mass is 16.5. The fraction of sp³-hybridized carbons (Fsp3) is 0.100. The van der Waals surface area contributed by atoms with E-state index in [1.807, 2.05) is 78.9 Å². The topological polar surface area (TPSA) is 44.8 Å². The fourth-order valence-electron chi connectivity index (χ4n) is 3.50. The molecule has 4 aromatic rings. The van der Waals surface area contributed by atoms with Gasteiger partial charge in [-0.05, 0) is 65.1 Å². The van der Waals surface area contributed by atoms with E-state index in [1.165, 1.54) is 11.6 Å². The summed E-state index contributed by atoms with van der Waals surface area (Å²) in [6.45, 7) is 2.51. The summed E-state index contributed by atoms with van der Waals surface area (Å²) in [4.78, 5) is 12.3. The van der Waals surface area contributed by atoms with Crippen molar-refractivity contribution in [2.75, 3.05) is 7.11 Å². The highest BCUT2D eigenvalue weighted by Gasteiger charge is 2.07. The molecule has 34 heavy (non-hydrogen) atoms. The Balaban J connectivity index is 1.37. The second-order valence-corrected chi connectivity index (χ2v) is 7.77. The molecule has 4 rings (SSSR count). The standard InChI is InChI=1S/C30H26O4/c1-22-8-6-7-11-26(22)21-33-28-18-12-23(20-29(28)32-2)13-19-30(31)34-27-16-14-25(15-17-27)24-9-4-3-5-10-24/h3-20H,21H2,1-2H3/b19-13+. The van der Waals surface area contributed by atoms with Crippen molar-refractivity contribution in [1.82, 2.24) is 0 Å². The van der Waals surface area contributed by atoms with Gasteiger partial charge in [0.15, 0.2) is 11.5 Å². The van der Waals surface area contributed by atoms with Crippen LogP contribution in [0.25, 0.3) is 17.2 Å². The molecule has 0 amide bonds. The van der Waals surface area contributed by atoms with E-state index in [0.717, 1.165) is 22.3 Å². The van der Waals surface area contributed by atoms with Crippen molar-refractivity contribution in [3.63, 3.8) is 0 Å². The van der Waals surface area contributed by atoms with E-state index in [4.69, 9.17) is 14.2 Å². The number of carbonyl (C=O) groups is 1. The highest BCUT2D eigenvalue weighted by molar-refractivity contribution is 5.89. The maximum atomic E-state index is 12.3. The quantitative estimate of drug-likeness (QED) is 0.167. The van der Waals surface area contributed by atoms with Crippen molar-refractivity contribution >= 4 is 12.0 Å². The molecule has 0 saturated heterocycles. The lowest BCUT2D eigenvalue weighted by atomic mass is 10.1. The zero-order chi connectivity index (χ0) is 23.8. The number of benzene rings is 4. The van der Waals surface area contributed by atoms with Gasteiger partial charge in [-0.1, -0.05) is 72.8 Å². The summed E-state index contributed by atoms with van der Waals surface area (Å²) in [5.74, 6) is 1.28. The van der Waals surface area contributed by atoms with Crippen molar-refractivity contribution in [1.29, 1.82) is 0 Å². The average molecular weight is 451 g/mol. The zero-order valence-electron chi connectivity index (χ0n) is 19.2. The Morgan fingerprint density at radius 2 is 1.50 bits per heavy atom. The van der Waals surface area contributed by atoms with Gasteiger partial charge in [0.2, 0.25) is 0 Å². The largest absolute Gasteiger partial charge is 0.493 e. The SMILES string of the molecule is COc1cc(/C=C/C(=O)Oc2ccc(-c3ccccc3)cc2)ccc1OCc1ccccc1C. The Morgan fingerprint density at radius 3 is 2.24 bits per heavy atom. The van der Waals surface area contributed by atoms with Crippen molar-refractivity contribution in [2.24, 2.45) is 0 Å². The van der Waals surface area contributed by atoms with Crippen LogP contribution in [-0.2, 0) is 11.4 Å². The lowest BCUT2D eigenvalue weighted by Crippen LogP contribution is -2.03. The molecule has 0 heterocycles. The van der Waals surface area contributed by atoms with Crippen LogP contribution in [0.1, 0.15) is 16.7 Å². The van der Waals surface area contributed by atoms with Gasteiger partial charge < -0.3 is 14.2 Å². The maximum Gasteiger partial charge on any atom is 0.336 e. The molecule has 0 atom stereocenters. The van der Waals surface area contributed by atoms with E-state index < -0.39 is 5.97 Å². The number of hydrogen-bond donors (Lipinski definition) is 0. The molecule has 0 unspecified atom stereocenters. The summed E-state index contributed by atoms with van der Waals surface area (Å²) in [5.41, 5.74) is 5.27. The molecule has 0 fully saturated rings. The minimum absolute atomic E-state index is 0.452. The average Bonchev–Trinajstić information content (AvgIpc) is 2.88. The van der Waals surface area contributed by atoms with Gasteiger partial charge in [0.1, 0.15) is 12.4 Å². The number of rotatable bonds is 8. The molecule has 0 radical (unpaired) electrons. The molecule has 0 aromatic heterocycles. The summed E-state index contributed by atoms with van der Waals surface area (Å²) in [6, 6.07) is 31.1. The molecule has 0 aliphatic rings. The lowest BCUT2D eigenvalue weighted by molar-refractivity contribution is -0.128. The van der Waals surface area contributed by atoms with Crippen LogP contribution in [0.15, 0.2) is 103 Å². The summed E-state index contributed by atoms with van der Waals surface area (Å²) < 4.78 is 16.9. The third kappa shape index (κ3) is 5.93. The number of carbonyl (C=O) groups excluding carboxylic acids is 1. The smallest absolute Gasteiger partial charge is 0.336 e. The van der Waals surface area contributed by atoms with Crippen molar-refractivity contribution in [2.45, 2.75) is 13.5 Å². The van der Waals surface area contributed by atoms with Gasteiger partial charge >= 0.3 is 5.97 Å². The molecule has 0 N–H and O–H groups in total. The zero-order valence-corrected chi connectivity index (χ0v) is 19.2. The number of methoxy groups -OCH3 is 1. The monoisotopic (exact) mass is 450 g/mol. The van der Waals surface area contributed by atoms with E-state index in [9.17, 15) is 4.79 Å². The normalized spacial score (nSPS) is 10.8. The van der Waals surface area contributed by atoms with E-state index >= 15 is 0 Å². The molecular formula is C30H26O4. The maximum absolute atomic E-state index is 12.3. The molecule has 4 aromatic carbocycles. The molecule has 4 heteroatoms. The Bertz CT molecular complexity index is 1270. The second-order valence-electron chi connectivity index (χ2n) is 7.77. The number of esters is 1. The van der Waals surface area contributed by atoms with Crippen LogP contribution in [0.3, 0.4) is 0 Å². The molecule has 0 aliphatic carbocycles. The minimum atomic E-state index is -0.452. The van der Waals surface area contributed by atoms with Crippen LogP contribution in [0, 0.1) is 6.92 Å². The molecule has 0 aliphatic heterocycles. The number of hydrogen-bond acceptors (Lipinski definition) is 4. The summed E-state index contributed by atoms with van der Waals surface area (Å²) >= 11 is 0. The highest BCUT2D eigenvalue weighted by Crippen LogP contribution is 2.29. The van der Waals surface area contributed by atoms with Crippen LogP contribution >= 0.6 is 0 Å². The fourth-order valence-corrected chi connectivity index (χ4v) is 3.50. The second kappa shape index (κ2) is 11.0. The van der Waals surface area contributed by atoms with Gasteiger partial charge in [0, 0.05) is 6.08 Å². The molecule has 4 nitrogen and oxygen atoms in total. The first-order chi connectivity index (χ1) is 16.6. The van der Waals surface area contributed by atoms with E-state index in [0.29, 0.717) is 23.9 Å². The third-order valence-corrected chi connectivity index (χ3v) is 5.42. The third-order valence-electron chi connectivity index (χ3n) is 5.42.